The second-order valence-corrected chi connectivity index (χ2v) is 7.25. The number of halogens is 4. The lowest BCUT2D eigenvalue weighted by Crippen LogP contribution is -2.52. The highest BCUT2D eigenvalue weighted by molar-refractivity contribution is 6.33. The Labute approximate surface area is 164 Å². The van der Waals surface area contributed by atoms with Gasteiger partial charge in [-0.15, -0.1) is 0 Å². The predicted octanol–water partition coefficient (Wildman–Crippen LogP) is 4.42. The number of piperidine rings is 1. The topological polar surface area (TPSA) is 67.6 Å². The highest BCUT2D eigenvalue weighted by Crippen LogP contribution is 2.49. The van der Waals surface area contributed by atoms with Crippen LogP contribution in [0, 0.1) is 0 Å². The van der Waals surface area contributed by atoms with Crippen molar-refractivity contribution in [3.05, 3.63) is 47.0 Å². The molecular formula is C19H17ClF3N3O2. The molecule has 5 nitrogen and oxygen atoms in total. The molecule has 2 aliphatic rings. The third-order valence-corrected chi connectivity index (χ3v) is 5.38. The van der Waals surface area contributed by atoms with Crippen molar-refractivity contribution in [2.24, 2.45) is 0 Å². The van der Waals surface area contributed by atoms with Crippen molar-refractivity contribution in [3.63, 3.8) is 0 Å². The van der Waals surface area contributed by atoms with Crippen molar-refractivity contribution in [2.75, 3.05) is 17.2 Å². The third kappa shape index (κ3) is 3.22. The second-order valence-electron chi connectivity index (χ2n) is 6.84. The van der Waals surface area contributed by atoms with Crippen LogP contribution in [0.3, 0.4) is 0 Å². The van der Waals surface area contributed by atoms with Crippen LogP contribution in [0.15, 0.2) is 36.4 Å². The van der Waals surface area contributed by atoms with Gasteiger partial charge in [0.05, 0.1) is 28.5 Å². The summed E-state index contributed by atoms with van der Waals surface area (Å²) in [6.45, 7) is 0.577. The molecule has 0 radical (unpaired) electrons. The number of carbonyl (C=O) groups is 1. The molecule has 2 aromatic rings. The van der Waals surface area contributed by atoms with E-state index in [0.717, 1.165) is 0 Å². The summed E-state index contributed by atoms with van der Waals surface area (Å²) in [7, 11) is 0. The standard InChI is InChI=1S/C19H17ClF3N3O2/c20-11-8-14-16(9-12(11)24)28-15-6-2-1-4-10(15)17-13(5-3-7-26(14)17)25-18(27)19(21,22)23/h1-2,4,6,8-9,13,17H,3,5,7,24H2,(H,25,27)/t13-,17-/m1/s1. The van der Waals surface area contributed by atoms with Gasteiger partial charge in [0.1, 0.15) is 5.75 Å². The van der Waals surface area contributed by atoms with Gasteiger partial charge in [0.25, 0.3) is 0 Å². The lowest BCUT2D eigenvalue weighted by Gasteiger charge is -2.42. The molecule has 9 heteroatoms. The molecule has 2 aliphatic heterocycles. The normalized spacial score (nSPS) is 20.9. The summed E-state index contributed by atoms with van der Waals surface area (Å²) in [6.07, 6.45) is -3.93. The molecule has 2 aromatic carbocycles. The molecule has 0 spiro atoms. The Bertz CT molecular complexity index is 935. The van der Waals surface area contributed by atoms with Crippen LogP contribution < -0.4 is 20.7 Å². The van der Waals surface area contributed by atoms with Crippen LogP contribution in [-0.4, -0.2) is 24.7 Å². The number of nitrogens with two attached hydrogens (primary N) is 1. The summed E-state index contributed by atoms with van der Waals surface area (Å²) in [5, 5.41) is 2.49. The average Bonchev–Trinajstić information content (AvgIpc) is 2.77. The first-order chi connectivity index (χ1) is 13.3. The van der Waals surface area contributed by atoms with E-state index in [4.69, 9.17) is 22.1 Å². The van der Waals surface area contributed by atoms with E-state index >= 15 is 0 Å². The molecule has 0 bridgehead atoms. The van der Waals surface area contributed by atoms with Gasteiger partial charge in [-0.2, -0.15) is 13.2 Å². The Kier molecular flexibility index (Phi) is 4.53. The van der Waals surface area contributed by atoms with Gasteiger partial charge in [-0.1, -0.05) is 29.8 Å². The van der Waals surface area contributed by atoms with E-state index in [1.807, 2.05) is 4.90 Å². The Hall–Kier alpha value is -2.61. The summed E-state index contributed by atoms with van der Waals surface area (Å²) >= 11 is 6.20. The van der Waals surface area contributed by atoms with E-state index < -0.39 is 24.2 Å². The van der Waals surface area contributed by atoms with Crippen molar-refractivity contribution in [1.29, 1.82) is 0 Å². The summed E-state index contributed by atoms with van der Waals surface area (Å²) in [4.78, 5) is 13.6. The number of para-hydroxylation sites is 1. The molecule has 0 aliphatic carbocycles. The fourth-order valence-corrected chi connectivity index (χ4v) is 4.01. The average molecular weight is 412 g/mol. The molecule has 1 fully saturated rings. The molecule has 1 amide bonds. The fraction of sp³-hybridized carbons (Fsp3) is 0.316. The number of anilines is 2. The molecule has 148 valence electrons. The number of carbonyl (C=O) groups excluding carboxylic acids is 1. The molecule has 4 rings (SSSR count). The number of rotatable bonds is 1. The SMILES string of the molecule is Nc1cc2c(cc1Cl)N1CCC[C@@H](NC(=O)C(F)(F)F)[C@H]1c1ccccc1O2. The van der Waals surface area contributed by atoms with Crippen LogP contribution in [0.25, 0.3) is 0 Å². The van der Waals surface area contributed by atoms with E-state index in [1.54, 1.807) is 36.4 Å². The van der Waals surface area contributed by atoms with Gasteiger partial charge in [0.2, 0.25) is 0 Å². The number of nitrogen functional groups attached to an aromatic ring is 1. The maximum atomic E-state index is 12.9. The molecule has 3 N–H and O–H groups in total. The quantitative estimate of drug-likeness (QED) is 0.682. The van der Waals surface area contributed by atoms with Crippen molar-refractivity contribution in [1.82, 2.24) is 5.32 Å². The smallest absolute Gasteiger partial charge is 0.455 e. The van der Waals surface area contributed by atoms with E-state index in [0.29, 0.717) is 52.8 Å². The minimum absolute atomic E-state index is 0.327. The minimum atomic E-state index is -4.95. The first-order valence-electron chi connectivity index (χ1n) is 8.76. The number of fused-ring (bicyclic) bond motifs is 5. The maximum Gasteiger partial charge on any atom is 0.471 e. The van der Waals surface area contributed by atoms with Crippen molar-refractivity contribution < 1.29 is 22.7 Å². The molecule has 2 heterocycles. The second kappa shape index (κ2) is 6.77. The van der Waals surface area contributed by atoms with Gasteiger partial charge in [0, 0.05) is 18.2 Å². The van der Waals surface area contributed by atoms with Crippen LogP contribution >= 0.6 is 11.6 Å². The molecular weight excluding hydrogens is 395 g/mol. The molecule has 1 saturated heterocycles. The van der Waals surface area contributed by atoms with Crippen molar-refractivity contribution in [2.45, 2.75) is 31.1 Å². The number of benzene rings is 2. The predicted molar refractivity (Wildman–Crippen MR) is 99.7 cm³/mol. The van der Waals surface area contributed by atoms with Crippen LogP contribution in [0.2, 0.25) is 5.02 Å². The van der Waals surface area contributed by atoms with E-state index in [-0.39, 0.29) is 0 Å². The molecule has 0 aromatic heterocycles. The molecule has 0 unspecified atom stereocenters. The number of nitrogens with one attached hydrogen (secondary N) is 1. The van der Waals surface area contributed by atoms with Crippen molar-refractivity contribution in [3.8, 4) is 11.5 Å². The summed E-state index contributed by atoms with van der Waals surface area (Å²) in [5.41, 5.74) is 7.58. The lowest BCUT2D eigenvalue weighted by molar-refractivity contribution is -0.174. The van der Waals surface area contributed by atoms with Gasteiger partial charge in [0.15, 0.2) is 5.75 Å². The first kappa shape index (κ1) is 18.7. The number of alkyl halides is 3. The Morgan fingerprint density at radius 1 is 1.25 bits per heavy atom. The van der Waals surface area contributed by atoms with Crippen LogP contribution in [-0.2, 0) is 4.79 Å². The summed E-state index contributed by atoms with van der Waals surface area (Å²) in [6, 6.07) is 9.08. The Morgan fingerprint density at radius 3 is 2.75 bits per heavy atom. The van der Waals surface area contributed by atoms with Crippen LogP contribution in [0.4, 0.5) is 24.5 Å². The highest BCUT2D eigenvalue weighted by atomic mass is 35.5. The van der Waals surface area contributed by atoms with Crippen LogP contribution in [0.1, 0.15) is 24.4 Å². The zero-order valence-corrected chi connectivity index (χ0v) is 15.3. The van der Waals surface area contributed by atoms with E-state index in [2.05, 4.69) is 5.32 Å². The number of hydrogen-bond donors (Lipinski definition) is 2. The monoisotopic (exact) mass is 411 g/mol. The number of hydrogen-bond acceptors (Lipinski definition) is 4. The number of amides is 1. The van der Waals surface area contributed by atoms with Gasteiger partial charge >= 0.3 is 12.1 Å². The van der Waals surface area contributed by atoms with E-state index in [1.165, 1.54) is 0 Å². The molecule has 28 heavy (non-hydrogen) atoms. The van der Waals surface area contributed by atoms with Gasteiger partial charge in [-0.05, 0) is 25.0 Å². The summed E-state index contributed by atoms with van der Waals surface area (Å²) < 4.78 is 44.6. The number of ether oxygens (including phenoxy) is 1. The maximum absolute atomic E-state index is 12.9. The zero-order chi connectivity index (χ0) is 20.1. The number of nitrogens with zero attached hydrogens (tertiary/aromatic N) is 1. The van der Waals surface area contributed by atoms with Crippen LogP contribution in [0.5, 0.6) is 11.5 Å². The molecule has 2 atom stereocenters. The van der Waals surface area contributed by atoms with E-state index in [9.17, 15) is 18.0 Å². The molecule has 0 saturated carbocycles. The summed E-state index contributed by atoms with van der Waals surface area (Å²) in [5.74, 6) is -0.969. The van der Waals surface area contributed by atoms with Gasteiger partial charge < -0.3 is 20.7 Å². The first-order valence-corrected chi connectivity index (χ1v) is 9.13. The lowest BCUT2D eigenvalue weighted by atomic mass is 9.89. The van der Waals surface area contributed by atoms with Crippen molar-refractivity contribution >= 4 is 28.9 Å². The fourth-order valence-electron chi connectivity index (χ4n) is 3.85. The largest absolute Gasteiger partial charge is 0.471 e. The zero-order valence-electron chi connectivity index (χ0n) is 14.6. The highest BCUT2D eigenvalue weighted by Gasteiger charge is 2.44. The minimum Gasteiger partial charge on any atom is -0.455 e. The van der Waals surface area contributed by atoms with Gasteiger partial charge in [-0.3, -0.25) is 4.79 Å². The Morgan fingerprint density at radius 2 is 2.00 bits per heavy atom. The van der Waals surface area contributed by atoms with Gasteiger partial charge in [-0.25, -0.2) is 0 Å². The Balaban J connectivity index is 1.83. The third-order valence-electron chi connectivity index (χ3n) is 5.05.